The minimum atomic E-state index is -1.38. The first-order valence-electron chi connectivity index (χ1n) is 5.80. The molecule has 0 bridgehead atoms. The van der Waals surface area contributed by atoms with E-state index in [0.29, 0.717) is 6.10 Å². The van der Waals surface area contributed by atoms with Crippen molar-refractivity contribution in [2.75, 3.05) is 0 Å². The van der Waals surface area contributed by atoms with Crippen LogP contribution in [0.3, 0.4) is 0 Å². The summed E-state index contributed by atoms with van der Waals surface area (Å²) >= 11 is 0. The molecule has 0 radical (unpaired) electrons. The average Bonchev–Trinajstić information content (AvgIpc) is 2.08. The van der Waals surface area contributed by atoms with E-state index in [4.69, 9.17) is 4.43 Å². The predicted octanol–water partition coefficient (Wildman–Crippen LogP) is 4.36. The standard InChI is InChI=1S/C12H26OSi/c1-6-8-9-10-11-12(7-2)13-14(3,4)5/h7,12H,2,6,8-11H2,1,3-5H3. The van der Waals surface area contributed by atoms with Crippen LogP contribution in [-0.4, -0.2) is 14.4 Å². The smallest absolute Gasteiger partial charge is 0.184 e. The van der Waals surface area contributed by atoms with E-state index >= 15 is 0 Å². The summed E-state index contributed by atoms with van der Waals surface area (Å²) in [5.74, 6) is 0. The normalized spacial score (nSPS) is 14.0. The molecule has 0 aromatic rings. The third kappa shape index (κ3) is 8.51. The van der Waals surface area contributed by atoms with Crippen LogP contribution in [0, 0.1) is 0 Å². The quantitative estimate of drug-likeness (QED) is 0.331. The molecule has 0 saturated heterocycles. The molecule has 0 aliphatic rings. The van der Waals surface area contributed by atoms with E-state index in [9.17, 15) is 0 Å². The minimum Gasteiger partial charge on any atom is -0.411 e. The van der Waals surface area contributed by atoms with Crippen molar-refractivity contribution in [3.63, 3.8) is 0 Å². The third-order valence-corrected chi connectivity index (χ3v) is 3.12. The van der Waals surface area contributed by atoms with Crippen LogP contribution < -0.4 is 0 Å². The molecule has 0 N–H and O–H groups in total. The Morgan fingerprint density at radius 3 is 2.29 bits per heavy atom. The molecule has 1 unspecified atom stereocenters. The Balaban J connectivity index is 3.64. The number of unbranched alkanes of at least 4 members (excludes halogenated alkanes) is 3. The van der Waals surface area contributed by atoms with Gasteiger partial charge in [0.05, 0.1) is 6.10 Å². The second-order valence-electron chi connectivity index (χ2n) is 4.85. The van der Waals surface area contributed by atoms with E-state index < -0.39 is 8.32 Å². The van der Waals surface area contributed by atoms with Gasteiger partial charge in [0.1, 0.15) is 0 Å². The fraction of sp³-hybridized carbons (Fsp3) is 0.833. The molecule has 84 valence electrons. The molecule has 1 atom stereocenters. The summed E-state index contributed by atoms with van der Waals surface area (Å²) in [5.41, 5.74) is 0. The molecule has 2 heteroatoms. The molecule has 0 aliphatic carbocycles. The SMILES string of the molecule is C=CC(CCCCCC)O[Si](C)(C)C. The van der Waals surface area contributed by atoms with Crippen LogP contribution in [-0.2, 0) is 4.43 Å². The molecule has 1 nitrogen and oxygen atoms in total. The Morgan fingerprint density at radius 1 is 1.21 bits per heavy atom. The highest BCUT2D eigenvalue weighted by atomic mass is 28.4. The van der Waals surface area contributed by atoms with Crippen LogP contribution in [0.15, 0.2) is 12.7 Å². The maximum absolute atomic E-state index is 5.99. The van der Waals surface area contributed by atoms with Crippen molar-refractivity contribution >= 4 is 8.32 Å². The van der Waals surface area contributed by atoms with Crippen molar-refractivity contribution in [3.8, 4) is 0 Å². The Morgan fingerprint density at radius 2 is 1.86 bits per heavy atom. The second-order valence-corrected chi connectivity index (χ2v) is 9.31. The number of rotatable bonds is 8. The van der Waals surface area contributed by atoms with Crippen LogP contribution in [0.2, 0.25) is 19.6 Å². The van der Waals surface area contributed by atoms with Crippen LogP contribution in [0.1, 0.15) is 39.0 Å². The van der Waals surface area contributed by atoms with Gasteiger partial charge < -0.3 is 4.43 Å². The molecule has 0 aromatic heterocycles. The maximum atomic E-state index is 5.99. The molecule has 0 saturated carbocycles. The summed E-state index contributed by atoms with van der Waals surface area (Å²) in [4.78, 5) is 0. The highest BCUT2D eigenvalue weighted by Crippen LogP contribution is 2.14. The van der Waals surface area contributed by atoms with Crippen LogP contribution in [0.5, 0.6) is 0 Å². The third-order valence-electron chi connectivity index (χ3n) is 2.11. The molecule has 14 heavy (non-hydrogen) atoms. The van der Waals surface area contributed by atoms with Gasteiger partial charge in [0.2, 0.25) is 0 Å². The lowest BCUT2D eigenvalue weighted by atomic mass is 10.1. The van der Waals surface area contributed by atoms with Crippen molar-refractivity contribution in [1.82, 2.24) is 0 Å². The lowest BCUT2D eigenvalue weighted by Crippen LogP contribution is -2.30. The van der Waals surface area contributed by atoms with Gasteiger partial charge in [-0.1, -0.05) is 38.7 Å². The molecular weight excluding hydrogens is 188 g/mol. The molecule has 0 rings (SSSR count). The van der Waals surface area contributed by atoms with Gasteiger partial charge >= 0.3 is 0 Å². The van der Waals surface area contributed by atoms with E-state index in [1.165, 1.54) is 25.7 Å². The zero-order chi connectivity index (χ0) is 11.0. The van der Waals surface area contributed by atoms with Crippen molar-refractivity contribution < 1.29 is 4.43 Å². The summed E-state index contributed by atoms with van der Waals surface area (Å²) in [7, 11) is -1.38. The largest absolute Gasteiger partial charge is 0.411 e. The minimum absolute atomic E-state index is 0.290. The first kappa shape index (κ1) is 13.9. The van der Waals surface area contributed by atoms with Crippen molar-refractivity contribution in [2.45, 2.75) is 64.8 Å². The van der Waals surface area contributed by atoms with Gasteiger partial charge in [-0.15, -0.1) is 6.58 Å². The van der Waals surface area contributed by atoms with E-state index in [0.717, 1.165) is 6.42 Å². The topological polar surface area (TPSA) is 9.23 Å². The van der Waals surface area contributed by atoms with Gasteiger partial charge in [0, 0.05) is 0 Å². The average molecular weight is 214 g/mol. The van der Waals surface area contributed by atoms with Gasteiger partial charge in [-0.05, 0) is 26.1 Å². The van der Waals surface area contributed by atoms with Gasteiger partial charge in [-0.3, -0.25) is 0 Å². The first-order valence-corrected chi connectivity index (χ1v) is 9.21. The van der Waals surface area contributed by atoms with Gasteiger partial charge in [-0.2, -0.15) is 0 Å². The predicted molar refractivity (Wildman–Crippen MR) is 67.2 cm³/mol. The zero-order valence-electron chi connectivity index (χ0n) is 10.3. The van der Waals surface area contributed by atoms with E-state index in [1.54, 1.807) is 0 Å². The van der Waals surface area contributed by atoms with Gasteiger partial charge in [-0.25, -0.2) is 0 Å². The van der Waals surface area contributed by atoms with Gasteiger partial charge in [0.15, 0.2) is 8.32 Å². The second kappa shape index (κ2) is 7.24. The van der Waals surface area contributed by atoms with E-state index in [-0.39, 0.29) is 0 Å². The molecule has 0 heterocycles. The maximum Gasteiger partial charge on any atom is 0.184 e. The summed E-state index contributed by atoms with van der Waals surface area (Å²) in [6.07, 6.45) is 8.64. The highest BCUT2D eigenvalue weighted by molar-refractivity contribution is 6.69. The van der Waals surface area contributed by atoms with Crippen molar-refractivity contribution in [2.24, 2.45) is 0 Å². The lowest BCUT2D eigenvalue weighted by molar-refractivity contribution is 0.227. The van der Waals surface area contributed by atoms with Crippen LogP contribution >= 0.6 is 0 Å². The summed E-state index contributed by atoms with van der Waals surface area (Å²) < 4.78 is 5.99. The Hall–Kier alpha value is -0.0831. The fourth-order valence-corrected chi connectivity index (χ4v) is 2.57. The highest BCUT2D eigenvalue weighted by Gasteiger charge is 2.18. The van der Waals surface area contributed by atoms with Crippen molar-refractivity contribution in [1.29, 1.82) is 0 Å². The number of hydrogen-bond donors (Lipinski definition) is 0. The Bertz CT molecular complexity index is 149. The van der Waals surface area contributed by atoms with Crippen LogP contribution in [0.25, 0.3) is 0 Å². The van der Waals surface area contributed by atoms with Crippen molar-refractivity contribution in [3.05, 3.63) is 12.7 Å². The Kier molecular flexibility index (Phi) is 7.20. The monoisotopic (exact) mass is 214 g/mol. The molecule has 0 spiro atoms. The molecule has 0 aliphatic heterocycles. The molecule has 0 aromatic carbocycles. The Labute approximate surface area is 90.7 Å². The van der Waals surface area contributed by atoms with E-state index in [2.05, 4.69) is 33.1 Å². The first-order chi connectivity index (χ1) is 6.49. The lowest BCUT2D eigenvalue weighted by Gasteiger charge is -2.24. The van der Waals surface area contributed by atoms with E-state index in [1.807, 2.05) is 6.08 Å². The molecule has 0 amide bonds. The zero-order valence-corrected chi connectivity index (χ0v) is 11.3. The fourth-order valence-electron chi connectivity index (χ4n) is 1.45. The van der Waals surface area contributed by atoms with Gasteiger partial charge in [0.25, 0.3) is 0 Å². The number of hydrogen-bond acceptors (Lipinski definition) is 1. The molecule has 0 fully saturated rings. The summed E-state index contributed by atoms with van der Waals surface area (Å²) in [5, 5.41) is 0. The molecular formula is C12H26OSi. The summed E-state index contributed by atoms with van der Waals surface area (Å²) in [6, 6.07) is 0. The summed E-state index contributed by atoms with van der Waals surface area (Å²) in [6.45, 7) is 12.8. The van der Waals surface area contributed by atoms with Crippen LogP contribution in [0.4, 0.5) is 0 Å².